The molecule has 0 saturated heterocycles. The van der Waals surface area contributed by atoms with Crippen LogP contribution in [-0.4, -0.2) is 26.7 Å². The van der Waals surface area contributed by atoms with Crippen LogP contribution in [0.2, 0.25) is 5.02 Å². The SMILES string of the molecule is O=C(c1ccccc1)c1cccc(NC(=O)c2cn(-c3ccccc3Cl)nn2)c1. The van der Waals surface area contributed by atoms with Crippen molar-refractivity contribution in [3.05, 3.63) is 107 Å². The molecule has 0 atom stereocenters. The number of carbonyl (C=O) groups excluding carboxylic acids is 2. The molecule has 0 radical (unpaired) electrons. The topological polar surface area (TPSA) is 76.9 Å². The quantitative estimate of drug-likeness (QED) is 0.502. The Bertz CT molecular complexity index is 1190. The van der Waals surface area contributed by atoms with Crippen LogP contribution in [0, 0.1) is 0 Å². The van der Waals surface area contributed by atoms with Gasteiger partial charge in [-0.3, -0.25) is 9.59 Å². The molecule has 7 heteroatoms. The third-order valence-electron chi connectivity index (χ3n) is 4.24. The van der Waals surface area contributed by atoms with Crippen molar-refractivity contribution in [1.29, 1.82) is 0 Å². The van der Waals surface area contributed by atoms with E-state index in [2.05, 4.69) is 15.6 Å². The molecule has 0 aliphatic rings. The van der Waals surface area contributed by atoms with Crippen LogP contribution in [0.3, 0.4) is 0 Å². The Hall–Kier alpha value is -3.77. The summed E-state index contributed by atoms with van der Waals surface area (Å²) >= 11 is 6.15. The number of anilines is 1. The molecule has 4 aromatic rings. The zero-order valence-electron chi connectivity index (χ0n) is 15.1. The summed E-state index contributed by atoms with van der Waals surface area (Å²) in [6.45, 7) is 0. The van der Waals surface area contributed by atoms with Gasteiger partial charge in [-0.05, 0) is 24.3 Å². The molecule has 0 fully saturated rings. The molecule has 0 saturated carbocycles. The average molecular weight is 403 g/mol. The number of carbonyl (C=O) groups is 2. The number of halogens is 1. The van der Waals surface area contributed by atoms with Crippen LogP contribution in [0.15, 0.2) is 85.1 Å². The van der Waals surface area contributed by atoms with Gasteiger partial charge in [0.05, 0.1) is 16.9 Å². The first-order valence-corrected chi connectivity index (χ1v) is 9.18. The summed E-state index contributed by atoms with van der Waals surface area (Å²) < 4.78 is 1.44. The predicted octanol–water partition coefficient (Wildman–Crippen LogP) is 4.40. The summed E-state index contributed by atoms with van der Waals surface area (Å²) in [4.78, 5) is 25.1. The molecule has 0 bridgehead atoms. The van der Waals surface area contributed by atoms with Crippen LogP contribution < -0.4 is 5.32 Å². The predicted molar refractivity (Wildman–Crippen MR) is 111 cm³/mol. The number of ketones is 1. The Balaban J connectivity index is 1.52. The molecule has 4 rings (SSSR count). The van der Waals surface area contributed by atoms with Gasteiger partial charge in [-0.1, -0.05) is 71.4 Å². The summed E-state index contributed by atoms with van der Waals surface area (Å²) in [5.41, 5.74) is 2.30. The number of hydrogen-bond donors (Lipinski definition) is 1. The van der Waals surface area contributed by atoms with E-state index in [4.69, 9.17) is 11.6 Å². The minimum absolute atomic E-state index is 0.119. The van der Waals surface area contributed by atoms with Gasteiger partial charge in [0.25, 0.3) is 5.91 Å². The maximum absolute atomic E-state index is 12.6. The summed E-state index contributed by atoms with van der Waals surface area (Å²) in [6.07, 6.45) is 1.50. The van der Waals surface area contributed by atoms with Crippen LogP contribution in [0.4, 0.5) is 5.69 Å². The van der Waals surface area contributed by atoms with E-state index in [0.717, 1.165) is 0 Å². The molecule has 6 nitrogen and oxygen atoms in total. The van der Waals surface area contributed by atoms with Crippen LogP contribution in [0.25, 0.3) is 5.69 Å². The van der Waals surface area contributed by atoms with E-state index in [1.165, 1.54) is 10.9 Å². The average Bonchev–Trinajstić information content (AvgIpc) is 3.24. The van der Waals surface area contributed by atoms with Crippen molar-refractivity contribution in [2.45, 2.75) is 0 Å². The third kappa shape index (κ3) is 4.07. The van der Waals surface area contributed by atoms with E-state index in [-0.39, 0.29) is 11.5 Å². The number of amides is 1. The minimum atomic E-state index is -0.437. The minimum Gasteiger partial charge on any atom is -0.321 e. The van der Waals surface area contributed by atoms with E-state index < -0.39 is 5.91 Å². The van der Waals surface area contributed by atoms with Crippen LogP contribution in [0.5, 0.6) is 0 Å². The van der Waals surface area contributed by atoms with Crippen molar-refractivity contribution in [1.82, 2.24) is 15.0 Å². The number of hydrogen-bond acceptors (Lipinski definition) is 4. The van der Waals surface area contributed by atoms with Gasteiger partial charge < -0.3 is 5.32 Å². The Morgan fingerprint density at radius 3 is 2.38 bits per heavy atom. The first kappa shape index (κ1) is 18.6. The monoisotopic (exact) mass is 402 g/mol. The highest BCUT2D eigenvalue weighted by molar-refractivity contribution is 6.32. The van der Waals surface area contributed by atoms with Gasteiger partial charge in [0.1, 0.15) is 0 Å². The smallest absolute Gasteiger partial charge is 0.277 e. The van der Waals surface area contributed by atoms with E-state index in [0.29, 0.717) is 27.5 Å². The number of aromatic nitrogens is 3. The largest absolute Gasteiger partial charge is 0.321 e. The zero-order valence-corrected chi connectivity index (χ0v) is 15.9. The molecule has 1 N–H and O–H groups in total. The first-order chi connectivity index (χ1) is 14.1. The normalized spacial score (nSPS) is 10.5. The van der Waals surface area contributed by atoms with Gasteiger partial charge >= 0.3 is 0 Å². The number of benzene rings is 3. The van der Waals surface area contributed by atoms with Gasteiger partial charge in [0, 0.05) is 16.8 Å². The van der Waals surface area contributed by atoms with Gasteiger partial charge in [0.2, 0.25) is 0 Å². The molecular weight excluding hydrogens is 388 g/mol. The number of nitrogens with one attached hydrogen (secondary N) is 1. The van der Waals surface area contributed by atoms with Crippen molar-refractivity contribution in [3.8, 4) is 5.69 Å². The molecule has 0 unspecified atom stereocenters. The summed E-state index contributed by atoms with van der Waals surface area (Å²) in [5.74, 6) is -0.557. The second-order valence-corrected chi connectivity index (χ2v) is 6.64. The van der Waals surface area contributed by atoms with E-state index in [1.54, 1.807) is 66.7 Å². The van der Waals surface area contributed by atoms with Gasteiger partial charge in [-0.25, -0.2) is 4.68 Å². The highest BCUT2D eigenvalue weighted by atomic mass is 35.5. The maximum Gasteiger partial charge on any atom is 0.277 e. The Kier molecular flexibility index (Phi) is 5.18. The van der Waals surface area contributed by atoms with Crippen LogP contribution in [-0.2, 0) is 0 Å². The van der Waals surface area contributed by atoms with Crippen molar-refractivity contribution in [2.75, 3.05) is 5.32 Å². The lowest BCUT2D eigenvalue weighted by molar-refractivity contribution is 0.101. The highest BCUT2D eigenvalue weighted by Crippen LogP contribution is 2.19. The molecule has 142 valence electrons. The molecular formula is C22H15ClN4O2. The summed E-state index contributed by atoms with van der Waals surface area (Å²) in [7, 11) is 0. The summed E-state index contributed by atoms with van der Waals surface area (Å²) in [6, 6.07) is 22.9. The first-order valence-electron chi connectivity index (χ1n) is 8.80. The van der Waals surface area contributed by atoms with Gasteiger partial charge in [-0.2, -0.15) is 0 Å². The molecule has 0 aliphatic heterocycles. The van der Waals surface area contributed by atoms with E-state index >= 15 is 0 Å². The fourth-order valence-electron chi connectivity index (χ4n) is 2.81. The lowest BCUT2D eigenvalue weighted by Crippen LogP contribution is -2.13. The number of nitrogens with zero attached hydrogens (tertiary/aromatic N) is 3. The molecule has 3 aromatic carbocycles. The summed E-state index contributed by atoms with van der Waals surface area (Å²) in [5, 5.41) is 11.1. The Labute approximate surface area is 171 Å². The van der Waals surface area contributed by atoms with E-state index in [9.17, 15) is 9.59 Å². The zero-order chi connectivity index (χ0) is 20.2. The second-order valence-electron chi connectivity index (χ2n) is 6.23. The Morgan fingerprint density at radius 2 is 1.59 bits per heavy atom. The third-order valence-corrected chi connectivity index (χ3v) is 4.56. The van der Waals surface area contributed by atoms with Gasteiger partial charge in [0.15, 0.2) is 11.5 Å². The number of para-hydroxylation sites is 1. The molecule has 1 aromatic heterocycles. The molecule has 29 heavy (non-hydrogen) atoms. The molecule has 0 aliphatic carbocycles. The highest BCUT2D eigenvalue weighted by Gasteiger charge is 2.14. The fraction of sp³-hybridized carbons (Fsp3) is 0. The maximum atomic E-state index is 12.6. The Morgan fingerprint density at radius 1 is 0.862 bits per heavy atom. The van der Waals surface area contributed by atoms with Crippen LogP contribution in [0.1, 0.15) is 26.4 Å². The molecule has 1 amide bonds. The fourth-order valence-corrected chi connectivity index (χ4v) is 3.03. The van der Waals surface area contributed by atoms with Gasteiger partial charge in [-0.15, -0.1) is 5.10 Å². The second kappa shape index (κ2) is 8.08. The number of rotatable bonds is 5. The standard InChI is InChI=1S/C22H15ClN4O2/c23-18-11-4-5-12-20(18)27-14-19(25-26-27)22(29)24-17-10-6-9-16(13-17)21(28)15-7-2-1-3-8-15/h1-14H,(H,24,29). The van der Waals surface area contributed by atoms with Crippen LogP contribution >= 0.6 is 11.6 Å². The lowest BCUT2D eigenvalue weighted by atomic mass is 10.0. The lowest BCUT2D eigenvalue weighted by Gasteiger charge is -2.06. The van der Waals surface area contributed by atoms with E-state index in [1.807, 2.05) is 12.1 Å². The van der Waals surface area contributed by atoms with Crippen molar-refractivity contribution >= 4 is 29.0 Å². The molecule has 0 spiro atoms. The molecule has 1 heterocycles. The van der Waals surface area contributed by atoms with Crippen molar-refractivity contribution < 1.29 is 9.59 Å². The van der Waals surface area contributed by atoms with Crippen molar-refractivity contribution in [2.24, 2.45) is 0 Å². The van der Waals surface area contributed by atoms with Crippen molar-refractivity contribution in [3.63, 3.8) is 0 Å².